The third kappa shape index (κ3) is 15.9. The molecule has 0 aliphatic carbocycles. The Morgan fingerprint density at radius 2 is 0.661 bits per heavy atom. The van der Waals surface area contributed by atoms with E-state index >= 15 is 0 Å². The third-order valence-electron chi connectivity index (χ3n) is 21.7. The van der Waals surface area contributed by atoms with Crippen LogP contribution in [0.2, 0.25) is 5.28 Å². The van der Waals surface area contributed by atoms with Gasteiger partial charge in [0.1, 0.15) is 22.3 Å². The Morgan fingerprint density at radius 1 is 0.281 bits per heavy atom. The average molecular weight is 2970 g/mol. The summed E-state index contributed by atoms with van der Waals surface area (Å²) in [7, 11) is -1.71. The predicted octanol–water partition coefficient (Wildman–Crippen LogP) is 40.8. The van der Waals surface area contributed by atoms with Gasteiger partial charge in [0.25, 0.3) is 0 Å². The van der Waals surface area contributed by atoms with Gasteiger partial charge < -0.3 is 23.0 Å². The molecular weight excluding hydrogens is 2880 g/mol. The first-order chi connectivity index (χ1) is 59.3. The summed E-state index contributed by atoms with van der Waals surface area (Å²) in [5.74, 6) is 0.634. The van der Waals surface area contributed by atoms with Crippen LogP contribution in [0.25, 0.3) is 214 Å². The molecule has 10 nitrogen and oxygen atoms in total. The normalized spacial score (nSPS) is 12.3. The van der Waals surface area contributed by atoms with Crippen LogP contribution in [-0.4, -0.2) is 38.6 Å². The molecule has 0 fully saturated rings. The summed E-state index contributed by atoms with van der Waals surface area (Å²) < 4.78 is 19.4. The van der Waals surface area contributed by atoms with Gasteiger partial charge in [0.05, 0.1) is 55.5 Å². The number of benzene rings is 16. The Kier molecular flexibility index (Phi) is 24.9. The molecule has 0 aliphatic rings. The molecule has 0 spiro atoms. The summed E-state index contributed by atoms with van der Waals surface area (Å²) in [5.41, 5.74) is 20.5. The van der Waals surface area contributed by atoms with Crippen molar-refractivity contribution in [3.8, 4) is 52.7 Å². The number of nitrogens with one attached hydrogen (secondary N) is 1. The van der Waals surface area contributed by atoms with Crippen LogP contribution in [-0.2, 0) is 0 Å². The zero-order valence-corrected chi connectivity index (χ0v) is 89.5. The quantitative estimate of drug-likeness (QED) is 0.0876. The van der Waals surface area contributed by atoms with Gasteiger partial charge in [-0.2, -0.15) is 0 Å². The zero-order valence-electron chi connectivity index (χ0n) is 62.8. The van der Waals surface area contributed by atoms with E-state index in [1.807, 2.05) is 42.5 Å². The monoisotopic (exact) mass is 2970 g/mol. The molecule has 0 radical (unpaired) electrons. The van der Waals surface area contributed by atoms with Crippen molar-refractivity contribution in [1.29, 1.82) is 0 Å². The fourth-order valence-corrected chi connectivity index (χ4v) is 1270. The van der Waals surface area contributed by atoms with E-state index in [1.54, 1.807) is 0 Å². The number of fused-ring (bicyclic) bond motifs is 22. The Morgan fingerprint density at radius 3 is 1.16 bits per heavy atom. The summed E-state index contributed by atoms with van der Waals surface area (Å²) in [6.07, 6.45) is 8.00. The first-order valence-corrected chi connectivity index (χ1v) is 107. The number of nitrogens with zero attached hydrogens (tertiary/aromatic N) is 7. The van der Waals surface area contributed by atoms with E-state index < -0.39 is 0 Å². The fourth-order valence-electron chi connectivity index (χ4n) is 16.6. The topological polar surface area (TPSA) is 108 Å². The van der Waals surface area contributed by atoms with E-state index in [-0.39, 0.29) is 67.6 Å². The van der Waals surface area contributed by atoms with Crippen LogP contribution in [0.1, 0.15) is 22.8 Å². The van der Waals surface area contributed by atoms with Crippen molar-refractivity contribution in [2.75, 3.05) is 0 Å². The number of terminal acetylenes is 1. The maximum atomic E-state index is 6.38. The summed E-state index contributed by atoms with van der Waals surface area (Å²) >= 11 is 26.3. The molecule has 0 unspecified atom stereocenters. The molecule has 16 aromatic carbocycles. The van der Waals surface area contributed by atoms with Gasteiger partial charge in [-0.15, -0.1) is 12.8 Å². The molecule has 626 valence electrons. The van der Waals surface area contributed by atoms with Crippen molar-refractivity contribution in [1.82, 2.24) is 38.6 Å². The number of furan rings is 2. The van der Waals surface area contributed by atoms with Gasteiger partial charge >= 0.3 is 170 Å². The fraction of sp³-hybridized carbons (Fsp3) is 0. The molecule has 8 heterocycles. The Balaban J connectivity index is 0.000000403. The number of halogens is 13. The number of hydrogen-bond donors (Lipinski definition) is 1. The predicted molar refractivity (Wildman–Crippen MR) is 655 cm³/mol. The smallest absolute Gasteiger partial charge is 0.235 e. The van der Waals surface area contributed by atoms with E-state index in [0.29, 0.717) is 5.95 Å². The number of hydrogen-bond acceptors (Lipinski definition) is 6. The molecule has 121 heavy (non-hydrogen) atoms. The van der Waals surface area contributed by atoms with Crippen LogP contribution in [0.15, 0.2) is 349 Å². The number of H-pyrrole nitrogens is 1. The molecule has 0 amide bonds. The molecule has 0 atom stereocenters. The second-order valence-electron chi connectivity index (χ2n) is 28.3. The molecule has 0 bridgehead atoms. The standard InChI is InChI=1S/C48H28N4O.C24H13ClN2O.C24H16N2.C2H2.I12.16H2/c1-2-14-32(15-3-1)51-41-20-10-7-16-33(41)36-27-37-34-17-8-11-21-42(34)52(44(37)28-43(36)51)48-49-40-19-9-6-18-35(40)47(50-48)31-22-23-45-38(25-31)39-24-29-12-4-5-13-30(29)26-46(39)53-45;25-24-26-20-8-4-3-7-17(20)23(27-24)16-9-10-21-18(12-16)19-11-14-5-1-2-6-15(14)13-22(19)28-21;1-2-8-16(9-3-1)26-23-13-7-5-11-18(23)20-14-19-17-10-4-6-12-21(17)25-22(19)15-24(20)26;1-2;1-8(2)10(5)12(7)11(6)9(3)4;;;;;;;;;;;;;;;;/h1-28H;1-13H;1-15,25H;1-2H;;16*1H. The maximum absolute atomic E-state index is 6.38. The third-order valence-corrected chi connectivity index (χ3v) is 683. The Hall–Kier alpha value is -5.87. The van der Waals surface area contributed by atoms with Gasteiger partial charge in [0.15, 0.2) is 0 Å². The van der Waals surface area contributed by atoms with E-state index in [2.05, 4.69) is 469 Å². The second kappa shape index (κ2) is 36.1. The summed E-state index contributed by atoms with van der Waals surface area (Å²) in [6.45, 7) is 0. The van der Waals surface area contributed by atoms with Gasteiger partial charge in [0, 0.05) is 132 Å². The minimum atomic E-state index is -0.380. The maximum Gasteiger partial charge on any atom is 0.235 e. The molecule has 0 aliphatic heterocycles. The molecule has 1 N–H and O–H groups in total. The van der Waals surface area contributed by atoms with Crippen LogP contribution in [0, 0.1) is 12.8 Å². The van der Waals surface area contributed by atoms with E-state index in [9.17, 15) is 0 Å². The largest absolute Gasteiger partial charge is 0.456 e. The van der Waals surface area contributed by atoms with Gasteiger partial charge in [0.2, 0.25) is 11.2 Å². The first kappa shape index (κ1) is 83.4. The van der Waals surface area contributed by atoms with Crippen LogP contribution in [0.3, 0.4) is 0 Å². The molecule has 8 aromatic heterocycles. The average Bonchev–Trinajstić information content (AvgIpc) is 1.56. The first-order valence-electron chi connectivity index (χ1n) is 37.7. The minimum absolute atomic E-state index is 0. The van der Waals surface area contributed by atoms with Crippen LogP contribution in [0.4, 0.5) is 0 Å². The van der Waals surface area contributed by atoms with Crippen LogP contribution < -0.4 is 0 Å². The summed E-state index contributed by atoms with van der Waals surface area (Å²) in [5, 5.41) is 21.2. The van der Waals surface area contributed by atoms with Crippen molar-refractivity contribution < 1.29 is 31.7 Å². The van der Waals surface area contributed by atoms with Gasteiger partial charge in [-0.25, -0.2) is 19.9 Å². The molecule has 24 aromatic rings. The van der Waals surface area contributed by atoms with Crippen LogP contribution in [0.5, 0.6) is 0 Å². The van der Waals surface area contributed by atoms with Crippen molar-refractivity contribution in [3.63, 3.8) is 0 Å². The second-order valence-corrected chi connectivity index (χ2v) is 272. The molecule has 24 rings (SSSR count). The number of para-hydroxylation sites is 8. The minimum Gasteiger partial charge on any atom is -0.456 e. The van der Waals surface area contributed by atoms with E-state index in [1.165, 1.54) is 92.5 Å². The van der Waals surface area contributed by atoms with E-state index in [0.717, 1.165) is 116 Å². The van der Waals surface area contributed by atoms with Crippen molar-refractivity contribution >= 4 is 356 Å². The molecule has 0 saturated carbocycles. The van der Waals surface area contributed by atoms with Crippen molar-refractivity contribution in [2.24, 2.45) is 0 Å². The van der Waals surface area contributed by atoms with Crippen molar-refractivity contribution in [3.05, 3.63) is 345 Å². The zero-order chi connectivity index (χ0) is 82.3. The SMILES string of the molecule is C#C.Clc1nc(-c2ccc3oc4cc5ccccc5cc4c3c2)c2ccccc2n1.II(I)I(I)I(I)I(I)I(I)I.[HH].[HH].[HH].[HH].[HH].[HH].[HH].[HH].[HH].[HH].[HH].[HH].[HH].[HH].[HH].[HH].c1ccc(-n2c3ccccc3c3cc4c(cc32)[nH]c2ccccc24)cc1.c1ccc(-n2c3ccccc3c3cc4c5ccccc5n(-c5nc(-c6ccc7oc8cc9ccccc9cc8c7c6)c6ccccc6n5)c4cc32)cc1. The Bertz CT molecular complexity index is 8270. The van der Waals surface area contributed by atoms with Gasteiger partial charge in [-0.05, 0) is 179 Å². The summed E-state index contributed by atoms with van der Waals surface area (Å²) in [4.78, 5) is 23.2. The van der Waals surface area contributed by atoms with Gasteiger partial charge in [-0.3, -0.25) is 4.57 Å². The number of aromatic nitrogens is 8. The van der Waals surface area contributed by atoms with E-state index in [4.69, 9.17) is 30.4 Å². The molecular formula is C98H91ClI12N8O2. The number of rotatable bonds is 9. The Labute approximate surface area is 810 Å². The summed E-state index contributed by atoms with van der Waals surface area (Å²) in [6, 6.07) is 119. The van der Waals surface area contributed by atoms with Crippen molar-refractivity contribution in [2.45, 2.75) is 0 Å². The van der Waals surface area contributed by atoms with Gasteiger partial charge in [-0.1, -0.05) is 194 Å². The number of aromatic amines is 1. The van der Waals surface area contributed by atoms with Crippen LogP contribution >= 0.6 is 181 Å². The molecule has 23 heteroatoms. The molecule has 0 saturated heterocycles.